The summed E-state index contributed by atoms with van der Waals surface area (Å²) >= 11 is 0. The lowest BCUT2D eigenvalue weighted by molar-refractivity contribution is 0.867. The Labute approximate surface area is 80.0 Å². The molecular weight excluding hydrogens is 182 g/mol. The van der Waals surface area contributed by atoms with E-state index in [0.717, 1.165) is 13.0 Å². The first-order valence-electron chi connectivity index (χ1n) is 4.49. The Kier molecular flexibility index (Phi) is 2.18. The van der Waals surface area contributed by atoms with Crippen molar-refractivity contribution in [2.75, 3.05) is 11.9 Å². The molecule has 2 heterocycles. The molecule has 0 atom stereocenters. The lowest BCUT2D eigenvalue weighted by Crippen LogP contribution is -2.14. The number of fused-ring (bicyclic) bond motifs is 1. The number of hydrogen-bond acceptors (Lipinski definition) is 4. The van der Waals surface area contributed by atoms with Gasteiger partial charge in [-0.15, -0.1) is 5.10 Å². The van der Waals surface area contributed by atoms with Gasteiger partial charge in [-0.05, 0) is 18.6 Å². The average molecular weight is 193 g/mol. The van der Waals surface area contributed by atoms with Gasteiger partial charge in [-0.2, -0.15) is 9.61 Å². The number of nitrogens with one attached hydrogen (secondary N) is 2. The van der Waals surface area contributed by atoms with Gasteiger partial charge in [0.2, 0.25) is 0 Å². The third-order valence-electron chi connectivity index (χ3n) is 1.83. The molecule has 0 spiro atoms. The summed E-state index contributed by atoms with van der Waals surface area (Å²) < 4.78 is 1.23. The normalized spacial score (nSPS) is 10.6. The summed E-state index contributed by atoms with van der Waals surface area (Å²) in [5.41, 5.74) is 0.206. The third kappa shape index (κ3) is 1.46. The molecule has 74 valence electrons. The number of nitrogens with zero attached hydrogens (tertiary/aromatic N) is 3. The molecule has 2 aromatic heterocycles. The van der Waals surface area contributed by atoms with Crippen LogP contribution in [-0.2, 0) is 0 Å². The summed E-state index contributed by atoms with van der Waals surface area (Å²) in [6.45, 7) is 2.90. The van der Waals surface area contributed by atoms with E-state index >= 15 is 0 Å². The van der Waals surface area contributed by atoms with Crippen LogP contribution >= 0.6 is 0 Å². The van der Waals surface area contributed by atoms with Gasteiger partial charge in [0.25, 0.3) is 0 Å². The maximum atomic E-state index is 11.2. The summed E-state index contributed by atoms with van der Waals surface area (Å²) in [5.74, 6) is 0.683. The van der Waals surface area contributed by atoms with Crippen LogP contribution in [0.2, 0.25) is 0 Å². The summed E-state index contributed by atoms with van der Waals surface area (Å²) in [7, 11) is 0. The minimum atomic E-state index is -0.319. The summed E-state index contributed by atoms with van der Waals surface area (Å²) in [4.78, 5) is 11.2. The summed E-state index contributed by atoms with van der Waals surface area (Å²) in [6, 6.07) is 3.54. The number of hydrogen-bond donors (Lipinski definition) is 2. The van der Waals surface area contributed by atoms with Crippen LogP contribution in [0.3, 0.4) is 0 Å². The van der Waals surface area contributed by atoms with E-state index in [1.54, 1.807) is 12.1 Å². The highest BCUT2D eigenvalue weighted by Crippen LogP contribution is 2.02. The highest BCUT2D eigenvalue weighted by atomic mass is 16.2. The number of anilines is 1. The van der Waals surface area contributed by atoms with Gasteiger partial charge in [-0.1, -0.05) is 6.92 Å². The average Bonchev–Trinajstić information content (AvgIpc) is 2.57. The van der Waals surface area contributed by atoms with Gasteiger partial charge < -0.3 is 5.32 Å². The summed E-state index contributed by atoms with van der Waals surface area (Å²) in [6.07, 6.45) is 1.01. The van der Waals surface area contributed by atoms with Gasteiger partial charge >= 0.3 is 5.69 Å². The SMILES string of the molecule is CCCNc1ccc2n[nH]c(=O)n2n1. The second-order valence-electron chi connectivity index (χ2n) is 2.94. The highest BCUT2D eigenvalue weighted by molar-refractivity contribution is 5.42. The second-order valence-corrected chi connectivity index (χ2v) is 2.94. The molecule has 14 heavy (non-hydrogen) atoms. The van der Waals surface area contributed by atoms with Crippen molar-refractivity contribution >= 4 is 11.5 Å². The lowest BCUT2D eigenvalue weighted by Gasteiger charge is -2.01. The molecule has 0 radical (unpaired) electrons. The molecule has 2 rings (SSSR count). The fourth-order valence-corrected chi connectivity index (χ4v) is 1.15. The molecule has 0 fully saturated rings. The van der Waals surface area contributed by atoms with E-state index in [1.807, 2.05) is 0 Å². The Morgan fingerprint density at radius 1 is 1.57 bits per heavy atom. The minimum Gasteiger partial charge on any atom is -0.369 e. The van der Waals surface area contributed by atoms with Gasteiger partial charge in [0.05, 0.1) is 0 Å². The topological polar surface area (TPSA) is 75.1 Å². The van der Waals surface area contributed by atoms with E-state index < -0.39 is 0 Å². The maximum absolute atomic E-state index is 11.2. The van der Waals surface area contributed by atoms with Crippen molar-refractivity contribution in [1.29, 1.82) is 0 Å². The van der Waals surface area contributed by atoms with Crippen molar-refractivity contribution in [3.8, 4) is 0 Å². The molecule has 0 aliphatic carbocycles. The third-order valence-corrected chi connectivity index (χ3v) is 1.83. The predicted molar refractivity (Wildman–Crippen MR) is 52.4 cm³/mol. The number of aromatic amines is 1. The molecule has 6 heteroatoms. The van der Waals surface area contributed by atoms with Crippen molar-refractivity contribution < 1.29 is 0 Å². The summed E-state index contributed by atoms with van der Waals surface area (Å²) in [5, 5.41) is 13.3. The van der Waals surface area contributed by atoms with Gasteiger partial charge in [-0.3, -0.25) is 0 Å². The van der Waals surface area contributed by atoms with Gasteiger partial charge in [0.1, 0.15) is 5.82 Å². The molecule has 0 bridgehead atoms. The van der Waals surface area contributed by atoms with Crippen LogP contribution in [0, 0.1) is 0 Å². The van der Waals surface area contributed by atoms with E-state index in [9.17, 15) is 4.79 Å². The maximum Gasteiger partial charge on any atom is 0.364 e. The molecule has 2 aromatic rings. The highest BCUT2D eigenvalue weighted by Gasteiger charge is 2.01. The largest absolute Gasteiger partial charge is 0.369 e. The lowest BCUT2D eigenvalue weighted by atomic mass is 10.4. The standard InChI is InChI=1S/C8H11N5O/c1-2-5-9-6-3-4-7-10-11-8(14)13(7)12-6/h3-4H,2,5H2,1H3,(H,9,12)(H,11,14). The monoisotopic (exact) mass is 193 g/mol. The fraction of sp³-hybridized carbons (Fsp3) is 0.375. The van der Waals surface area contributed by atoms with E-state index in [2.05, 4.69) is 27.5 Å². The predicted octanol–water partition coefficient (Wildman–Crippen LogP) is 0.239. The van der Waals surface area contributed by atoms with Crippen LogP contribution in [0.15, 0.2) is 16.9 Å². The Balaban J connectivity index is 2.39. The molecule has 0 unspecified atom stereocenters. The van der Waals surface area contributed by atoms with Crippen LogP contribution in [0.4, 0.5) is 5.82 Å². The Bertz CT molecular complexity index is 486. The van der Waals surface area contributed by atoms with Crippen LogP contribution in [0.5, 0.6) is 0 Å². The second kappa shape index (κ2) is 3.49. The molecule has 0 saturated carbocycles. The quantitative estimate of drug-likeness (QED) is 0.732. The van der Waals surface area contributed by atoms with Gasteiger partial charge in [0, 0.05) is 6.54 Å². The van der Waals surface area contributed by atoms with Crippen LogP contribution < -0.4 is 11.0 Å². The zero-order valence-corrected chi connectivity index (χ0v) is 7.82. The van der Waals surface area contributed by atoms with Crippen LogP contribution in [0.25, 0.3) is 5.65 Å². The first kappa shape index (κ1) is 8.74. The van der Waals surface area contributed by atoms with Crippen molar-refractivity contribution in [2.24, 2.45) is 0 Å². The van der Waals surface area contributed by atoms with Crippen molar-refractivity contribution in [1.82, 2.24) is 19.8 Å². The van der Waals surface area contributed by atoms with E-state index in [4.69, 9.17) is 0 Å². The van der Waals surface area contributed by atoms with Crippen LogP contribution in [0.1, 0.15) is 13.3 Å². The van der Waals surface area contributed by atoms with Crippen molar-refractivity contribution in [3.05, 3.63) is 22.6 Å². The Morgan fingerprint density at radius 3 is 3.21 bits per heavy atom. The fourth-order valence-electron chi connectivity index (χ4n) is 1.15. The number of H-pyrrole nitrogens is 1. The van der Waals surface area contributed by atoms with Crippen LogP contribution in [-0.4, -0.2) is 26.4 Å². The smallest absolute Gasteiger partial charge is 0.364 e. The molecule has 0 aliphatic heterocycles. The molecule has 6 nitrogen and oxygen atoms in total. The zero-order chi connectivity index (χ0) is 9.97. The molecule has 2 N–H and O–H groups in total. The molecule has 0 aliphatic rings. The van der Waals surface area contributed by atoms with E-state index in [0.29, 0.717) is 11.5 Å². The van der Waals surface area contributed by atoms with Gasteiger partial charge in [-0.25, -0.2) is 9.89 Å². The molecule has 0 aromatic carbocycles. The first-order chi connectivity index (χ1) is 6.81. The minimum absolute atomic E-state index is 0.319. The Morgan fingerprint density at radius 2 is 2.43 bits per heavy atom. The number of rotatable bonds is 3. The van der Waals surface area contributed by atoms with Crippen molar-refractivity contribution in [2.45, 2.75) is 13.3 Å². The zero-order valence-electron chi connectivity index (χ0n) is 7.82. The number of aromatic nitrogens is 4. The van der Waals surface area contributed by atoms with Crippen molar-refractivity contribution in [3.63, 3.8) is 0 Å². The Hall–Kier alpha value is -1.85. The molecule has 0 amide bonds. The van der Waals surface area contributed by atoms with Gasteiger partial charge in [0.15, 0.2) is 5.65 Å². The van der Waals surface area contributed by atoms with E-state index in [-0.39, 0.29) is 5.69 Å². The molecular formula is C8H11N5O. The van der Waals surface area contributed by atoms with E-state index in [1.165, 1.54) is 4.52 Å². The molecule has 0 saturated heterocycles. The first-order valence-corrected chi connectivity index (χ1v) is 4.49.